The molecule has 1 atom stereocenters. The zero-order valence-electron chi connectivity index (χ0n) is 12.2. The van der Waals surface area contributed by atoms with Gasteiger partial charge in [0.05, 0.1) is 7.11 Å². The van der Waals surface area contributed by atoms with E-state index in [0.717, 1.165) is 24.5 Å². The molecular weight excluding hydrogens is 238 g/mol. The minimum atomic E-state index is 0.685. The topological polar surface area (TPSA) is 41.7 Å². The second-order valence-corrected chi connectivity index (χ2v) is 5.54. The smallest absolute Gasteiger partial charge is 0.125 e. The molecule has 0 saturated carbocycles. The fraction of sp³-hybridized carbons (Fsp3) is 0.600. The van der Waals surface area contributed by atoms with E-state index >= 15 is 0 Å². The lowest BCUT2D eigenvalue weighted by Crippen LogP contribution is -2.36. The van der Waals surface area contributed by atoms with Crippen molar-refractivity contribution in [2.24, 2.45) is 0 Å². The van der Waals surface area contributed by atoms with Crippen LogP contribution in [0.3, 0.4) is 0 Å². The Balaban J connectivity index is 1.96. The largest absolute Gasteiger partial charge is 0.496 e. The van der Waals surface area contributed by atoms with Gasteiger partial charge in [-0.05, 0) is 39.5 Å². The second kappa shape index (κ2) is 6.26. The van der Waals surface area contributed by atoms with Gasteiger partial charge in [-0.2, -0.15) is 0 Å². The van der Waals surface area contributed by atoms with Crippen LogP contribution in [0.4, 0.5) is 5.69 Å². The van der Waals surface area contributed by atoms with E-state index in [2.05, 4.69) is 30.0 Å². The molecule has 1 heterocycles. The standard InChI is InChI=1S/C15H25N3O/c1-17(11-14-5-4-8-18(14)2)10-12-6-7-13(16)9-15(12)19-3/h6-7,9,14H,4-5,8,10-11,16H2,1-3H3. The van der Waals surface area contributed by atoms with E-state index < -0.39 is 0 Å². The average molecular weight is 263 g/mol. The van der Waals surface area contributed by atoms with E-state index in [1.165, 1.54) is 24.9 Å². The van der Waals surface area contributed by atoms with Crippen LogP contribution in [-0.2, 0) is 6.54 Å². The summed E-state index contributed by atoms with van der Waals surface area (Å²) in [4.78, 5) is 4.82. The van der Waals surface area contributed by atoms with Crippen LogP contribution in [0.1, 0.15) is 18.4 Å². The summed E-state index contributed by atoms with van der Waals surface area (Å²) >= 11 is 0. The molecule has 106 valence electrons. The van der Waals surface area contributed by atoms with Gasteiger partial charge in [-0.25, -0.2) is 0 Å². The number of nitrogens with two attached hydrogens (primary N) is 1. The summed E-state index contributed by atoms with van der Waals surface area (Å²) in [5.74, 6) is 0.881. The minimum absolute atomic E-state index is 0.685. The predicted octanol–water partition coefficient (Wildman–Crippen LogP) is 1.80. The van der Waals surface area contributed by atoms with E-state index in [4.69, 9.17) is 10.5 Å². The number of nitrogens with zero attached hydrogens (tertiary/aromatic N) is 2. The third kappa shape index (κ3) is 3.61. The number of hydrogen-bond acceptors (Lipinski definition) is 4. The maximum Gasteiger partial charge on any atom is 0.125 e. The molecule has 0 aliphatic carbocycles. The van der Waals surface area contributed by atoms with E-state index in [0.29, 0.717) is 6.04 Å². The fourth-order valence-electron chi connectivity index (χ4n) is 2.82. The molecule has 0 bridgehead atoms. The third-order valence-corrected chi connectivity index (χ3v) is 3.95. The van der Waals surface area contributed by atoms with Crippen LogP contribution in [0.5, 0.6) is 5.75 Å². The van der Waals surface area contributed by atoms with Crippen molar-refractivity contribution in [1.82, 2.24) is 9.80 Å². The number of rotatable bonds is 5. The molecule has 1 aliphatic rings. The lowest BCUT2D eigenvalue weighted by atomic mass is 10.1. The lowest BCUT2D eigenvalue weighted by molar-refractivity contribution is 0.214. The Morgan fingerprint density at radius 2 is 2.26 bits per heavy atom. The van der Waals surface area contributed by atoms with Gasteiger partial charge < -0.3 is 20.3 Å². The molecule has 1 unspecified atom stereocenters. The first-order valence-electron chi connectivity index (χ1n) is 6.91. The number of hydrogen-bond donors (Lipinski definition) is 1. The van der Waals surface area contributed by atoms with Crippen molar-refractivity contribution < 1.29 is 4.74 Å². The van der Waals surface area contributed by atoms with E-state index in [1.54, 1.807) is 7.11 Å². The molecule has 0 spiro atoms. The Bertz CT molecular complexity index is 422. The van der Waals surface area contributed by atoms with Gasteiger partial charge in [-0.3, -0.25) is 0 Å². The molecule has 4 heteroatoms. The normalized spacial score (nSPS) is 20.1. The maximum absolute atomic E-state index is 5.78. The summed E-state index contributed by atoms with van der Waals surface area (Å²) in [6.45, 7) is 3.22. The Hall–Kier alpha value is -1.26. The zero-order chi connectivity index (χ0) is 13.8. The summed E-state index contributed by atoms with van der Waals surface area (Å²) in [5, 5.41) is 0. The van der Waals surface area contributed by atoms with Gasteiger partial charge in [0.2, 0.25) is 0 Å². The quantitative estimate of drug-likeness (QED) is 0.823. The minimum Gasteiger partial charge on any atom is -0.496 e. The highest BCUT2D eigenvalue weighted by molar-refractivity contribution is 5.48. The van der Waals surface area contributed by atoms with Crippen LogP contribution >= 0.6 is 0 Å². The Morgan fingerprint density at radius 3 is 2.89 bits per heavy atom. The number of likely N-dealkylation sites (N-methyl/N-ethyl adjacent to an activating group) is 2. The van der Waals surface area contributed by atoms with Crippen molar-refractivity contribution in [1.29, 1.82) is 0 Å². The van der Waals surface area contributed by atoms with Crippen LogP contribution in [-0.4, -0.2) is 50.1 Å². The average Bonchev–Trinajstić information content (AvgIpc) is 2.77. The Kier molecular flexibility index (Phi) is 4.66. The van der Waals surface area contributed by atoms with Crippen LogP contribution in [0.15, 0.2) is 18.2 Å². The van der Waals surface area contributed by atoms with Crippen LogP contribution in [0.2, 0.25) is 0 Å². The number of benzene rings is 1. The van der Waals surface area contributed by atoms with Gasteiger partial charge in [0.1, 0.15) is 5.75 Å². The van der Waals surface area contributed by atoms with E-state index in [9.17, 15) is 0 Å². The zero-order valence-corrected chi connectivity index (χ0v) is 12.2. The predicted molar refractivity (Wildman–Crippen MR) is 79.4 cm³/mol. The SMILES string of the molecule is COc1cc(N)ccc1CN(C)CC1CCCN1C. The highest BCUT2D eigenvalue weighted by Gasteiger charge is 2.22. The van der Waals surface area contributed by atoms with Crippen molar-refractivity contribution >= 4 is 5.69 Å². The number of anilines is 1. The molecule has 4 nitrogen and oxygen atoms in total. The third-order valence-electron chi connectivity index (χ3n) is 3.95. The molecule has 1 aromatic carbocycles. The molecule has 19 heavy (non-hydrogen) atoms. The Morgan fingerprint density at radius 1 is 1.47 bits per heavy atom. The summed E-state index contributed by atoms with van der Waals surface area (Å²) in [7, 11) is 6.08. The van der Waals surface area contributed by atoms with E-state index in [-0.39, 0.29) is 0 Å². The van der Waals surface area contributed by atoms with Gasteiger partial charge in [0.15, 0.2) is 0 Å². The number of likely N-dealkylation sites (tertiary alicyclic amines) is 1. The van der Waals surface area contributed by atoms with Crippen LogP contribution in [0, 0.1) is 0 Å². The number of methoxy groups -OCH3 is 1. The van der Waals surface area contributed by atoms with Crippen LogP contribution in [0.25, 0.3) is 0 Å². The number of ether oxygens (including phenoxy) is 1. The van der Waals surface area contributed by atoms with Crippen LogP contribution < -0.4 is 10.5 Å². The lowest BCUT2D eigenvalue weighted by Gasteiger charge is -2.26. The molecule has 1 aliphatic heterocycles. The number of nitrogen functional groups attached to an aromatic ring is 1. The van der Waals surface area contributed by atoms with Gasteiger partial charge in [0.25, 0.3) is 0 Å². The molecule has 0 aromatic heterocycles. The van der Waals surface area contributed by atoms with Crippen molar-refractivity contribution in [2.45, 2.75) is 25.4 Å². The Labute approximate surface area is 116 Å². The molecule has 1 fully saturated rings. The summed E-state index contributed by atoms with van der Waals surface area (Å²) < 4.78 is 5.40. The maximum atomic E-state index is 5.78. The van der Waals surface area contributed by atoms with Crippen molar-refractivity contribution in [3.05, 3.63) is 23.8 Å². The first kappa shape index (κ1) is 14.2. The molecule has 1 saturated heterocycles. The van der Waals surface area contributed by atoms with Gasteiger partial charge >= 0.3 is 0 Å². The molecule has 0 amide bonds. The highest BCUT2D eigenvalue weighted by Crippen LogP contribution is 2.23. The van der Waals surface area contributed by atoms with Gasteiger partial charge in [0, 0.05) is 36.4 Å². The summed E-state index contributed by atoms with van der Waals surface area (Å²) in [6, 6.07) is 6.58. The summed E-state index contributed by atoms with van der Waals surface area (Å²) in [5.41, 5.74) is 7.73. The molecular formula is C15H25N3O. The molecule has 2 rings (SSSR count). The van der Waals surface area contributed by atoms with Crippen molar-refractivity contribution in [3.63, 3.8) is 0 Å². The molecule has 0 radical (unpaired) electrons. The first-order valence-corrected chi connectivity index (χ1v) is 6.91. The van der Waals surface area contributed by atoms with Crippen molar-refractivity contribution in [3.8, 4) is 5.75 Å². The van der Waals surface area contributed by atoms with Gasteiger partial charge in [-0.1, -0.05) is 6.07 Å². The highest BCUT2D eigenvalue weighted by atomic mass is 16.5. The van der Waals surface area contributed by atoms with E-state index in [1.807, 2.05) is 12.1 Å². The summed E-state index contributed by atoms with van der Waals surface area (Å²) in [6.07, 6.45) is 2.62. The fourth-order valence-corrected chi connectivity index (χ4v) is 2.82. The van der Waals surface area contributed by atoms with Gasteiger partial charge in [-0.15, -0.1) is 0 Å². The first-order chi connectivity index (χ1) is 9.10. The van der Waals surface area contributed by atoms with Crippen molar-refractivity contribution in [2.75, 3.05) is 40.0 Å². The molecule has 2 N–H and O–H groups in total. The molecule has 1 aromatic rings. The monoisotopic (exact) mass is 263 g/mol. The second-order valence-electron chi connectivity index (χ2n) is 5.54.